The number of hydrogen-bond acceptors (Lipinski definition) is 4. The van der Waals surface area contributed by atoms with Crippen molar-refractivity contribution in [2.45, 2.75) is 18.1 Å². The molecular formula is C15H17ClN2O3S2. The van der Waals surface area contributed by atoms with Crippen LogP contribution in [0.15, 0.2) is 40.6 Å². The van der Waals surface area contributed by atoms with Crippen LogP contribution in [-0.4, -0.2) is 27.4 Å². The summed E-state index contributed by atoms with van der Waals surface area (Å²) in [5.74, 6) is -0.144. The van der Waals surface area contributed by atoms with Gasteiger partial charge in [0.05, 0.1) is 4.34 Å². The molecule has 1 aromatic carbocycles. The predicted octanol–water partition coefficient (Wildman–Crippen LogP) is 3.04. The average Bonchev–Trinajstić information content (AvgIpc) is 2.90. The Hall–Kier alpha value is -1.41. The van der Waals surface area contributed by atoms with E-state index in [0.29, 0.717) is 4.34 Å². The molecule has 23 heavy (non-hydrogen) atoms. The Balaban J connectivity index is 2.04. The first kappa shape index (κ1) is 17.9. The van der Waals surface area contributed by atoms with Crippen LogP contribution in [0.25, 0.3) is 0 Å². The smallest absolute Gasteiger partial charge is 0.250 e. The van der Waals surface area contributed by atoms with Crippen molar-refractivity contribution in [1.29, 1.82) is 0 Å². The van der Waals surface area contributed by atoms with Crippen LogP contribution in [0.5, 0.6) is 0 Å². The number of carbonyl (C=O) groups is 1. The quantitative estimate of drug-likeness (QED) is 0.847. The van der Waals surface area contributed by atoms with Gasteiger partial charge in [-0.3, -0.25) is 4.79 Å². The lowest BCUT2D eigenvalue weighted by Crippen LogP contribution is -2.37. The zero-order valence-electron chi connectivity index (χ0n) is 12.7. The van der Waals surface area contributed by atoms with Gasteiger partial charge in [0.25, 0.3) is 0 Å². The normalized spacial score (nSPS) is 11.4. The molecule has 0 saturated heterocycles. The molecule has 1 heterocycles. The minimum Gasteiger partial charge on any atom is -0.311 e. The van der Waals surface area contributed by atoms with Crippen LogP contribution in [0.1, 0.15) is 12.5 Å². The van der Waals surface area contributed by atoms with Crippen molar-refractivity contribution >= 4 is 44.6 Å². The summed E-state index contributed by atoms with van der Waals surface area (Å²) in [6, 6.07) is 10.5. The summed E-state index contributed by atoms with van der Waals surface area (Å²) in [7, 11) is -3.61. The Morgan fingerprint density at radius 2 is 2.04 bits per heavy atom. The Kier molecular flexibility index (Phi) is 5.80. The maximum atomic E-state index is 12.1. The molecule has 8 heteroatoms. The highest BCUT2D eigenvalue weighted by molar-refractivity contribution is 7.91. The number of nitrogens with one attached hydrogen (secondary N) is 1. The van der Waals surface area contributed by atoms with Crippen LogP contribution >= 0.6 is 22.9 Å². The molecule has 124 valence electrons. The second kappa shape index (κ2) is 7.44. The van der Waals surface area contributed by atoms with Crippen LogP contribution in [0.2, 0.25) is 4.34 Å². The van der Waals surface area contributed by atoms with Gasteiger partial charge in [0, 0.05) is 25.7 Å². The number of anilines is 1. The van der Waals surface area contributed by atoms with Crippen LogP contribution < -0.4 is 9.62 Å². The molecule has 0 aliphatic carbocycles. The average molecular weight is 373 g/mol. The van der Waals surface area contributed by atoms with Gasteiger partial charge in [-0.05, 0) is 36.8 Å². The van der Waals surface area contributed by atoms with Crippen molar-refractivity contribution in [2.75, 3.05) is 18.0 Å². The SMILES string of the molecule is CC(=O)N(CCNS(=O)(=O)c1ccc(Cl)s1)c1cccc(C)c1. The van der Waals surface area contributed by atoms with Crippen LogP contribution in [-0.2, 0) is 14.8 Å². The van der Waals surface area contributed by atoms with E-state index in [1.807, 2.05) is 31.2 Å². The number of hydrogen-bond donors (Lipinski definition) is 1. The summed E-state index contributed by atoms with van der Waals surface area (Å²) in [6.45, 7) is 3.75. The van der Waals surface area contributed by atoms with E-state index in [2.05, 4.69) is 4.72 Å². The zero-order chi connectivity index (χ0) is 17.0. The first-order chi connectivity index (χ1) is 10.8. The molecule has 0 aliphatic rings. The lowest BCUT2D eigenvalue weighted by molar-refractivity contribution is -0.116. The summed E-state index contributed by atoms with van der Waals surface area (Å²) in [5.41, 5.74) is 1.78. The molecule has 1 N–H and O–H groups in total. The van der Waals surface area contributed by atoms with Gasteiger partial charge in [-0.1, -0.05) is 23.7 Å². The molecule has 0 saturated carbocycles. The van der Waals surface area contributed by atoms with Gasteiger partial charge in [0.15, 0.2) is 0 Å². The van der Waals surface area contributed by atoms with Gasteiger partial charge in [-0.15, -0.1) is 11.3 Å². The Labute approximate surface area is 144 Å². The van der Waals surface area contributed by atoms with Crippen molar-refractivity contribution < 1.29 is 13.2 Å². The van der Waals surface area contributed by atoms with E-state index in [1.54, 1.807) is 0 Å². The maximum Gasteiger partial charge on any atom is 0.250 e. The molecule has 0 atom stereocenters. The molecule has 1 amide bonds. The summed E-state index contributed by atoms with van der Waals surface area (Å²) in [4.78, 5) is 13.4. The first-order valence-corrected chi connectivity index (χ1v) is 9.57. The van der Waals surface area contributed by atoms with Gasteiger partial charge in [-0.25, -0.2) is 13.1 Å². The number of sulfonamides is 1. The van der Waals surface area contributed by atoms with Crippen molar-refractivity contribution in [3.63, 3.8) is 0 Å². The number of amides is 1. The monoisotopic (exact) mass is 372 g/mol. The third-order valence-corrected chi connectivity index (χ3v) is 6.32. The largest absolute Gasteiger partial charge is 0.311 e. The van der Waals surface area contributed by atoms with E-state index in [-0.39, 0.29) is 23.2 Å². The van der Waals surface area contributed by atoms with E-state index in [4.69, 9.17) is 11.6 Å². The minimum absolute atomic E-state index is 0.116. The molecular weight excluding hydrogens is 356 g/mol. The van der Waals surface area contributed by atoms with Crippen LogP contribution in [0.4, 0.5) is 5.69 Å². The minimum atomic E-state index is -3.61. The van der Waals surface area contributed by atoms with Gasteiger partial charge < -0.3 is 4.90 Å². The van der Waals surface area contributed by atoms with E-state index in [9.17, 15) is 13.2 Å². The van der Waals surface area contributed by atoms with Crippen molar-refractivity contribution in [3.8, 4) is 0 Å². The van der Waals surface area contributed by atoms with Gasteiger partial charge >= 0.3 is 0 Å². The molecule has 0 fully saturated rings. The third-order valence-electron chi connectivity index (χ3n) is 3.13. The predicted molar refractivity (Wildman–Crippen MR) is 93.7 cm³/mol. The molecule has 0 unspecified atom stereocenters. The molecule has 2 aromatic rings. The highest BCUT2D eigenvalue weighted by Gasteiger charge is 2.18. The van der Waals surface area contributed by atoms with Crippen LogP contribution in [0, 0.1) is 6.92 Å². The summed E-state index contributed by atoms with van der Waals surface area (Å²) < 4.78 is 27.3. The fraction of sp³-hybridized carbons (Fsp3) is 0.267. The van der Waals surface area contributed by atoms with Crippen molar-refractivity contribution in [3.05, 3.63) is 46.3 Å². The third kappa shape index (κ3) is 4.78. The van der Waals surface area contributed by atoms with Crippen molar-refractivity contribution in [2.24, 2.45) is 0 Å². The number of aryl methyl sites for hydroxylation is 1. The number of nitrogens with zero attached hydrogens (tertiary/aromatic N) is 1. The molecule has 1 aromatic heterocycles. The van der Waals surface area contributed by atoms with Gasteiger partial charge in [0.2, 0.25) is 15.9 Å². The lowest BCUT2D eigenvalue weighted by atomic mass is 10.2. The molecule has 5 nitrogen and oxygen atoms in total. The number of rotatable bonds is 6. The van der Waals surface area contributed by atoms with Gasteiger partial charge in [0.1, 0.15) is 4.21 Å². The second-order valence-corrected chi connectivity index (χ2v) is 8.67. The van der Waals surface area contributed by atoms with E-state index in [1.165, 1.54) is 24.0 Å². The zero-order valence-corrected chi connectivity index (χ0v) is 15.1. The van der Waals surface area contributed by atoms with E-state index >= 15 is 0 Å². The second-order valence-electron chi connectivity index (χ2n) is 4.97. The first-order valence-electron chi connectivity index (χ1n) is 6.89. The summed E-state index contributed by atoms with van der Waals surface area (Å²) >= 11 is 6.75. The topological polar surface area (TPSA) is 66.5 Å². The number of thiophene rings is 1. The van der Waals surface area contributed by atoms with Gasteiger partial charge in [-0.2, -0.15) is 0 Å². The molecule has 0 aliphatic heterocycles. The lowest BCUT2D eigenvalue weighted by Gasteiger charge is -2.21. The molecule has 2 rings (SSSR count). The van der Waals surface area contributed by atoms with Crippen molar-refractivity contribution in [1.82, 2.24) is 4.72 Å². The Morgan fingerprint density at radius 3 is 2.61 bits per heavy atom. The number of benzene rings is 1. The van der Waals surface area contributed by atoms with Crippen LogP contribution in [0.3, 0.4) is 0 Å². The number of carbonyl (C=O) groups excluding carboxylic acids is 1. The molecule has 0 bridgehead atoms. The highest BCUT2D eigenvalue weighted by Crippen LogP contribution is 2.25. The molecule has 0 radical (unpaired) electrons. The standard InChI is InChI=1S/C15H17ClN2O3S2/c1-11-4-3-5-13(10-11)18(12(2)19)9-8-17-23(20,21)15-7-6-14(16)22-15/h3-7,10,17H,8-9H2,1-2H3. The maximum absolute atomic E-state index is 12.1. The number of halogens is 1. The Morgan fingerprint density at radius 1 is 1.30 bits per heavy atom. The van der Waals surface area contributed by atoms with E-state index < -0.39 is 10.0 Å². The molecule has 0 spiro atoms. The summed E-state index contributed by atoms with van der Waals surface area (Å²) in [6.07, 6.45) is 0. The van der Waals surface area contributed by atoms with E-state index in [0.717, 1.165) is 22.6 Å². The fourth-order valence-corrected chi connectivity index (χ4v) is 4.62. The highest BCUT2D eigenvalue weighted by atomic mass is 35.5. The summed E-state index contributed by atoms with van der Waals surface area (Å²) in [5, 5.41) is 0. The fourth-order valence-electron chi connectivity index (χ4n) is 2.07. The Bertz CT molecular complexity index is 803.